The number of nitrogens with zero attached hydrogens (tertiary/aromatic N) is 4. The van der Waals surface area contributed by atoms with Crippen LogP contribution < -0.4 is 10.2 Å². The molecule has 1 fully saturated rings. The van der Waals surface area contributed by atoms with Gasteiger partial charge in [0.05, 0.1) is 11.9 Å². The van der Waals surface area contributed by atoms with E-state index < -0.39 is 0 Å². The summed E-state index contributed by atoms with van der Waals surface area (Å²) in [6.45, 7) is 4.05. The molecule has 1 aliphatic carbocycles. The van der Waals surface area contributed by atoms with Gasteiger partial charge >= 0.3 is 0 Å². The number of hydrogen-bond acceptors (Lipinski definition) is 5. The summed E-state index contributed by atoms with van der Waals surface area (Å²) < 4.78 is 0. The Morgan fingerprint density at radius 3 is 2.72 bits per heavy atom. The Balaban J connectivity index is 1.42. The summed E-state index contributed by atoms with van der Waals surface area (Å²) in [5, 5.41) is 10.2. The van der Waals surface area contributed by atoms with Gasteiger partial charge < -0.3 is 15.1 Å². The van der Waals surface area contributed by atoms with E-state index in [1.165, 1.54) is 0 Å². The fourth-order valence-corrected chi connectivity index (χ4v) is 3.54. The number of carbonyl (C=O) groups is 1. The average Bonchev–Trinajstić information content (AvgIpc) is 3.07. The van der Waals surface area contributed by atoms with E-state index >= 15 is 0 Å². The van der Waals surface area contributed by atoms with Crippen LogP contribution in [-0.2, 0) is 12.8 Å². The molecule has 0 aromatic carbocycles. The van der Waals surface area contributed by atoms with Crippen LogP contribution in [0.4, 0.5) is 11.5 Å². The molecule has 2 aromatic heterocycles. The highest BCUT2D eigenvalue weighted by Gasteiger charge is 2.22. The molecule has 7 nitrogen and oxygen atoms in total. The van der Waals surface area contributed by atoms with Crippen LogP contribution in [0.3, 0.4) is 0 Å². The van der Waals surface area contributed by atoms with Crippen LogP contribution in [0.1, 0.15) is 34.6 Å². The van der Waals surface area contributed by atoms with Crippen LogP contribution in [0.2, 0.25) is 0 Å². The summed E-state index contributed by atoms with van der Waals surface area (Å²) in [5.41, 5.74) is 3.42. The van der Waals surface area contributed by atoms with Crippen LogP contribution in [0.15, 0.2) is 18.3 Å². The first kappa shape index (κ1) is 16.1. The van der Waals surface area contributed by atoms with Gasteiger partial charge in [-0.05, 0) is 44.9 Å². The second-order valence-electron chi connectivity index (χ2n) is 6.89. The Hall–Kier alpha value is -2.41. The van der Waals surface area contributed by atoms with Crippen molar-refractivity contribution in [2.45, 2.75) is 25.7 Å². The number of piperazine rings is 1. The molecule has 7 heteroatoms. The van der Waals surface area contributed by atoms with Gasteiger partial charge in [-0.1, -0.05) is 0 Å². The fourth-order valence-electron chi connectivity index (χ4n) is 3.54. The standard InChI is InChI=1S/C18H24N6O/c1-23-8-10-24(11-9-23)16-7-6-13(12-19-16)20-18(25)17-14-4-2-3-5-15(14)21-22-17/h6-7,12H,2-5,8-11H2,1H3,(H,20,25)(H,21,22). The second kappa shape index (κ2) is 6.84. The maximum atomic E-state index is 12.5. The summed E-state index contributed by atoms with van der Waals surface area (Å²) in [5.74, 6) is 0.803. The zero-order valence-corrected chi connectivity index (χ0v) is 14.6. The molecule has 1 saturated heterocycles. The van der Waals surface area contributed by atoms with Crippen molar-refractivity contribution in [2.75, 3.05) is 43.4 Å². The summed E-state index contributed by atoms with van der Waals surface area (Å²) in [4.78, 5) is 21.6. The highest BCUT2D eigenvalue weighted by Crippen LogP contribution is 2.23. The van der Waals surface area contributed by atoms with Gasteiger partial charge in [-0.25, -0.2) is 4.98 Å². The second-order valence-corrected chi connectivity index (χ2v) is 6.89. The van der Waals surface area contributed by atoms with Crippen molar-refractivity contribution in [3.05, 3.63) is 35.3 Å². The van der Waals surface area contributed by atoms with Crippen molar-refractivity contribution < 1.29 is 4.79 Å². The largest absolute Gasteiger partial charge is 0.354 e. The molecule has 1 amide bonds. The molecule has 0 saturated carbocycles. The molecule has 4 rings (SSSR count). The molecule has 132 valence electrons. The van der Waals surface area contributed by atoms with Gasteiger partial charge in [0.25, 0.3) is 5.91 Å². The van der Waals surface area contributed by atoms with Crippen molar-refractivity contribution in [1.82, 2.24) is 20.1 Å². The third-order valence-corrected chi connectivity index (χ3v) is 5.10. The molecule has 1 aliphatic heterocycles. The normalized spacial score (nSPS) is 18.0. The first-order valence-corrected chi connectivity index (χ1v) is 8.98. The minimum Gasteiger partial charge on any atom is -0.354 e. The number of hydrogen-bond donors (Lipinski definition) is 2. The number of rotatable bonds is 3. The lowest BCUT2D eigenvalue weighted by molar-refractivity contribution is 0.102. The molecule has 0 atom stereocenters. The average molecular weight is 340 g/mol. The number of carbonyl (C=O) groups excluding carboxylic acids is 1. The van der Waals surface area contributed by atoms with Gasteiger partial charge in [0.2, 0.25) is 0 Å². The summed E-state index contributed by atoms with van der Waals surface area (Å²) >= 11 is 0. The lowest BCUT2D eigenvalue weighted by Gasteiger charge is -2.33. The molecular formula is C18H24N6O. The zero-order chi connectivity index (χ0) is 17.2. The third kappa shape index (κ3) is 3.37. The van der Waals surface area contributed by atoms with Crippen molar-refractivity contribution in [3.8, 4) is 0 Å². The van der Waals surface area contributed by atoms with Gasteiger partial charge in [-0.15, -0.1) is 0 Å². The number of likely N-dealkylation sites (N-methyl/N-ethyl adjacent to an activating group) is 1. The SMILES string of the molecule is CN1CCN(c2ccc(NC(=O)c3n[nH]c4c3CCCC4)cn2)CC1. The number of nitrogens with one attached hydrogen (secondary N) is 2. The first-order valence-electron chi connectivity index (χ1n) is 8.98. The number of amides is 1. The third-order valence-electron chi connectivity index (χ3n) is 5.10. The molecule has 0 radical (unpaired) electrons. The molecule has 3 heterocycles. The van der Waals surface area contributed by atoms with Gasteiger partial charge in [-0.2, -0.15) is 5.10 Å². The number of aryl methyl sites for hydroxylation is 1. The Labute approximate surface area is 147 Å². The monoisotopic (exact) mass is 340 g/mol. The van der Waals surface area contributed by atoms with Crippen LogP contribution >= 0.6 is 0 Å². The number of H-pyrrole nitrogens is 1. The van der Waals surface area contributed by atoms with Gasteiger partial charge in [0, 0.05) is 37.4 Å². The van der Waals surface area contributed by atoms with Gasteiger partial charge in [0.1, 0.15) is 5.82 Å². The van der Waals surface area contributed by atoms with E-state index in [2.05, 4.69) is 37.3 Å². The number of pyridine rings is 1. The Bertz CT molecular complexity index is 745. The van der Waals surface area contributed by atoms with E-state index in [1.54, 1.807) is 6.20 Å². The number of fused-ring (bicyclic) bond motifs is 1. The molecule has 25 heavy (non-hydrogen) atoms. The predicted octanol–water partition coefficient (Wildman–Crippen LogP) is 1.69. The Kier molecular flexibility index (Phi) is 4.40. The Morgan fingerprint density at radius 1 is 1.16 bits per heavy atom. The van der Waals surface area contributed by atoms with Crippen molar-refractivity contribution in [2.24, 2.45) is 0 Å². The van der Waals surface area contributed by atoms with E-state index in [4.69, 9.17) is 0 Å². The van der Waals surface area contributed by atoms with Crippen molar-refractivity contribution >= 4 is 17.4 Å². The minimum absolute atomic E-state index is 0.159. The highest BCUT2D eigenvalue weighted by molar-refractivity contribution is 6.04. The zero-order valence-electron chi connectivity index (χ0n) is 14.6. The molecule has 2 N–H and O–H groups in total. The van der Waals surface area contributed by atoms with E-state index in [-0.39, 0.29) is 5.91 Å². The number of aromatic amines is 1. The number of aromatic nitrogens is 3. The first-order chi connectivity index (χ1) is 12.2. The fraction of sp³-hybridized carbons (Fsp3) is 0.500. The molecule has 2 aliphatic rings. The maximum Gasteiger partial charge on any atom is 0.276 e. The summed E-state index contributed by atoms with van der Waals surface area (Å²) in [7, 11) is 2.14. The lowest BCUT2D eigenvalue weighted by Crippen LogP contribution is -2.44. The molecular weight excluding hydrogens is 316 g/mol. The van der Waals surface area contributed by atoms with E-state index in [0.717, 1.165) is 68.9 Å². The van der Waals surface area contributed by atoms with Gasteiger partial charge in [0.15, 0.2) is 5.69 Å². The molecule has 0 spiro atoms. The van der Waals surface area contributed by atoms with E-state index in [1.807, 2.05) is 12.1 Å². The van der Waals surface area contributed by atoms with Crippen LogP contribution in [0.5, 0.6) is 0 Å². The highest BCUT2D eigenvalue weighted by atomic mass is 16.1. The van der Waals surface area contributed by atoms with Crippen LogP contribution in [0.25, 0.3) is 0 Å². The van der Waals surface area contributed by atoms with Crippen LogP contribution in [0, 0.1) is 0 Å². The maximum absolute atomic E-state index is 12.5. The van der Waals surface area contributed by atoms with Gasteiger partial charge in [-0.3, -0.25) is 9.89 Å². The minimum atomic E-state index is -0.159. The molecule has 0 bridgehead atoms. The van der Waals surface area contributed by atoms with Crippen molar-refractivity contribution in [1.29, 1.82) is 0 Å². The smallest absolute Gasteiger partial charge is 0.276 e. The summed E-state index contributed by atoms with van der Waals surface area (Å²) in [6, 6.07) is 3.89. The Morgan fingerprint density at radius 2 is 1.96 bits per heavy atom. The van der Waals surface area contributed by atoms with Crippen LogP contribution in [-0.4, -0.2) is 59.2 Å². The van der Waals surface area contributed by atoms with E-state index in [0.29, 0.717) is 11.4 Å². The molecule has 0 unspecified atom stereocenters. The summed E-state index contributed by atoms with van der Waals surface area (Å²) in [6.07, 6.45) is 5.92. The number of anilines is 2. The van der Waals surface area contributed by atoms with Crippen molar-refractivity contribution in [3.63, 3.8) is 0 Å². The topological polar surface area (TPSA) is 77.1 Å². The van der Waals surface area contributed by atoms with E-state index in [9.17, 15) is 4.79 Å². The quantitative estimate of drug-likeness (QED) is 0.889. The lowest BCUT2D eigenvalue weighted by atomic mass is 9.96. The molecule has 2 aromatic rings. The predicted molar refractivity (Wildman–Crippen MR) is 97.1 cm³/mol.